The zero-order valence-electron chi connectivity index (χ0n) is 8.57. The molecule has 3 N–H and O–H groups in total. The summed E-state index contributed by atoms with van der Waals surface area (Å²) in [6.45, 7) is 3.45. The Bertz CT molecular complexity index is 272. The SMILES string of the molecule is CC(C)(Nc1ccccc1)[C@H](O)CO. The van der Waals surface area contributed by atoms with Crippen molar-refractivity contribution in [2.45, 2.75) is 25.5 Å². The number of aliphatic hydroxyl groups excluding tert-OH is 2. The first-order chi connectivity index (χ1) is 6.56. The predicted octanol–water partition coefficient (Wildman–Crippen LogP) is 1.23. The Hall–Kier alpha value is -1.06. The molecule has 0 heterocycles. The molecule has 78 valence electrons. The van der Waals surface area contributed by atoms with E-state index in [1.54, 1.807) is 0 Å². The van der Waals surface area contributed by atoms with Crippen molar-refractivity contribution in [1.82, 2.24) is 0 Å². The Morgan fingerprint density at radius 2 is 1.86 bits per heavy atom. The number of nitrogens with one attached hydrogen (secondary N) is 1. The molecule has 0 aliphatic heterocycles. The van der Waals surface area contributed by atoms with Crippen LogP contribution in [0.5, 0.6) is 0 Å². The van der Waals surface area contributed by atoms with E-state index in [0.717, 1.165) is 5.69 Å². The maximum Gasteiger partial charge on any atom is 0.0994 e. The quantitative estimate of drug-likeness (QED) is 0.677. The van der Waals surface area contributed by atoms with E-state index in [9.17, 15) is 5.11 Å². The third kappa shape index (κ3) is 2.72. The zero-order valence-corrected chi connectivity index (χ0v) is 8.57. The van der Waals surface area contributed by atoms with Crippen LogP contribution in [0.15, 0.2) is 30.3 Å². The first-order valence-electron chi connectivity index (χ1n) is 4.68. The second-order valence-corrected chi connectivity index (χ2v) is 3.91. The van der Waals surface area contributed by atoms with Crippen molar-refractivity contribution in [2.75, 3.05) is 11.9 Å². The lowest BCUT2D eigenvalue weighted by Gasteiger charge is -2.31. The minimum absolute atomic E-state index is 0.243. The van der Waals surface area contributed by atoms with Crippen LogP contribution in [0, 0.1) is 0 Å². The van der Waals surface area contributed by atoms with E-state index in [0.29, 0.717) is 0 Å². The Kier molecular flexibility index (Phi) is 3.49. The summed E-state index contributed by atoms with van der Waals surface area (Å²) in [6.07, 6.45) is -0.775. The largest absolute Gasteiger partial charge is 0.394 e. The van der Waals surface area contributed by atoms with Crippen molar-refractivity contribution in [3.05, 3.63) is 30.3 Å². The summed E-state index contributed by atoms with van der Waals surface area (Å²) in [5.74, 6) is 0. The molecule has 1 atom stereocenters. The Morgan fingerprint density at radius 3 is 2.36 bits per heavy atom. The second-order valence-electron chi connectivity index (χ2n) is 3.91. The zero-order chi connectivity index (χ0) is 10.6. The first kappa shape index (κ1) is 11.0. The molecule has 0 fully saturated rings. The van der Waals surface area contributed by atoms with Crippen LogP contribution in [-0.4, -0.2) is 28.5 Å². The molecule has 0 unspecified atom stereocenters. The first-order valence-corrected chi connectivity index (χ1v) is 4.68. The molecular formula is C11H17NO2. The molecule has 1 rings (SSSR count). The number of hydrogen-bond acceptors (Lipinski definition) is 3. The highest BCUT2D eigenvalue weighted by molar-refractivity contribution is 5.45. The maximum absolute atomic E-state index is 9.53. The highest BCUT2D eigenvalue weighted by Crippen LogP contribution is 2.17. The molecule has 0 aliphatic carbocycles. The summed E-state index contributed by atoms with van der Waals surface area (Å²) >= 11 is 0. The summed E-state index contributed by atoms with van der Waals surface area (Å²) in [5.41, 5.74) is 0.404. The average molecular weight is 195 g/mol. The number of para-hydroxylation sites is 1. The van der Waals surface area contributed by atoms with Crippen LogP contribution >= 0.6 is 0 Å². The molecule has 1 aromatic carbocycles. The molecule has 3 nitrogen and oxygen atoms in total. The number of rotatable bonds is 4. The third-order valence-electron chi connectivity index (χ3n) is 2.25. The fourth-order valence-corrected chi connectivity index (χ4v) is 1.21. The summed E-state index contributed by atoms with van der Waals surface area (Å²) in [4.78, 5) is 0. The van der Waals surface area contributed by atoms with Gasteiger partial charge in [0, 0.05) is 5.69 Å². The van der Waals surface area contributed by atoms with Gasteiger partial charge < -0.3 is 15.5 Å². The van der Waals surface area contributed by atoms with Gasteiger partial charge in [0.15, 0.2) is 0 Å². The van der Waals surface area contributed by atoms with Crippen molar-refractivity contribution < 1.29 is 10.2 Å². The predicted molar refractivity (Wildman–Crippen MR) is 57.2 cm³/mol. The molecule has 14 heavy (non-hydrogen) atoms. The number of aliphatic hydroxyl groups is 2. The monoisotopic (exact) mass is 195 g/mol. The van der Waals surface area contributed by atoms with Crippen LogP contribution in [0.2, 0.25) is 0 Å². The summed E-state index contributed by atoms with van der Waals surface area (Å²) in [5, 5.41) is 21.6. The van der Waals surface area contributed by atoms with Crippen molar-refractivity contribution in [3.63, 3.8) is 0 Å². The van der Waals surface area contributed by atoms with E-state index in [1.807, 2.05) is 44.2 Å². The van der Waals surface area contributed by atoms with Gasteiger partial charge in [0.25, 0.3) is 0 Å². The molecular weight excluding hydrogens is 178 g/mol. The van der Waals surface area contributed by atoms with Crippen LogP contribution in [-0.2, 0) is 0 Å². The van der Waals surface area contributed by atoms with E-state index < -0.39 is 11.6 Å². The summed E-state index contributed by atoms with van der Waals surface area (Å²) < 4.78 is 0. The van der Waals surface area contributed by atoms with Gasteiger partial charge in [0.1, 0.15) is 0 Å². The molecule has 3 heteroatoms. The Balaban J connectivity index is 2.68. The summed E-state index contributed by atoms with van der Waals surface area (Å²) in [7, 11) is 0. The topological polar surface area (TPSA) is 52.5 Å². The second kappa shape index (κ2) is 4.44. The highest BCUT2D eigenvalue weighted by Gasteiger charge is 2.26. The van der Waals surface area contributed by atoms with Crippen molar-refractivity contribution in [1.29, 1.82) is 0 Å². The highest BCUT2D eigenvalue weighted by atomic mass is 16.3. The summed E-state index contributed by atoms with van der Waals surface area (Å²) in [6, 6.07) is 9.62. The average Bonchev–Trinajstić information content (AvgIpc) is 2.17. The van der Waals surface area contributed by atoms with Crippen LogP contribution < -0.4 is 5.32 Å². The minimum atomic E-state index is -0.775. The lowest BCUT2D eigenvalue weighted by Crippen LogP contribution is -2.45. The van der Waals surface area contributed by atoms with Crippen molar-refractivity contribution >= 4 is 5.69 Å². The molecule has 0 spiro atoms. The van der Waals surface area contributed by atoms with Gasteiger partial charge in [-0.3, -0.25) is 0 Å². The smallest absolute Gasteiger partial charge is 0.0994 e. The van der Waals surface area contributed by atoms with Crippen molar-refractivity contribution in [3.8, 4) is 0 Å². The van der Waals surface area contributed by atoms with Crippen LogP contribution in [0.4, 0.5) is 5.69 Å². The normalized spacial score (nSPS) is 13.7. The van der Waals surface area contributed by atoms with Crippen LogP contribution in [0.1, 0.15) is 13.8 Å². The Morgan fingerprint density at radius 1 is 1.29 bits per heavy atom. The molecule has 0 radical (unpaired) electrons. The molecule has 0 aromatic heterocycles. The van der Waals surface area contributed by atoms with E-state index >= 15 is 0 Å². The van der Waals surface area contributed by atoms with E-state index in [1.165, 1.54) is 0 Å². The molecule has 1 aromatic rings. The van der Waals surface area contributed by atoms with Gasteiger partial charge in [-0.1, -0.05) is 18.2 Å². The van der Waals surface area contributed by atoms with Gasteiger partial charge in [-0.15, -0.1) is 0 Å². The van der Waals surface area contributed by atoms with Gasteiger partial charge in [0.05, 0.1) is 18.2 Å². The molecule has 0 aliphatic rings. The maximum atomic E-state index is 9.53. The van der Waals surface area contributed by atoms with Crippen LogP contribution in [0.3, 0.4) is 0 Å². The lowest BCUT2D eigenvalue weighted by atomic mass is 9.97. The van der Waals surface area contributed by atoms with Crippen LogP contribution in [0.25, 0.3) is 0 Å². The molecule has 0 saturated heterocycles. The van der Waals surface area contributed by atoms with Gasteiger partial charge in [-0.05, 0) is 26.0 Å². The van der Waals surface area contributed by atoms with E-state index in [4.69, 9.17) is 5.11 Å². The standard InChI is InChI=1S/C11H17NO2/c1-11(2,10(14)8-13)12-9-6-4-3-5-7-9/h3-7,10,12-14H,8H2,1-2H3/t10-/m1/s1. The van der Waals surface area contributed by atoms with E-state index in [-0.39, 0.29) is 6.61 Å². The molecule has 0 amide bonds. The molecule has 0 saturated carbocycles. The van der Waals surface area contributed by atoms with E-state index in [2.05, 4.69) is 5.32 Å². The number of benzene rings is 1. The van der Waals surface area contributed by atoms with Gasteiger partial charge in [-0.25, -0.2) is 0 Å². The minimum Gasteiger partial charge on any atom is -0.394 e. The Labute approximate surface area is 84.4 Å². The fraction of sp³-hybridized carbons (Fsp3) is 0.455. The van der Waals surface area contributed by atoms with Gasteiger partial charge >= 0.3 is 0 Å². The molecule has 0 bridgehead atoms. The lowest BCUT2D eigenvalue weighted by molar-refractivity contribution is 0.0526. The van der Waals surface area contributed by atoms with Crippen molar-refractivity contribution in [2.24, 2.45) is 0 Å². The third-order valence-corrected chi connectivity index (χ3v) is 2.25. The number of hydrogen-bond donors (Lipinski definition) is 3. The van der Waals surface area contributed by atoms with Gasteiger partial charge in [0.2, 0.25) is 0 Å². The fourth-order valence-electron chi connectivity index (χ4n) is 1.21. The van der Waals surface area contributed by atoms with Gasteiger partial charge in [-0.2, -0.15) is 0 Å². The number of anilines is 1.